The third-order valence-corrected chi connectivity index (χ3v) is 4.33. The van der Waals surface area contributed by atoms with Crippen LogP contribution in [0.4, 0.5) is 0 Å². The quantitative estimate of drug-likeness (QED) is 0.876. The molecule has 1 amide bonds. The number of nitrogens with one attached hydrogen (secondary N) is 2. The van der Waals surface area contributed by atoms with Gasteiger partial charge in [-0.3, -0.25) is 9.48 Å². The second-order valence-electron chi connectivity index (χ2n) is 5.65. The summed E-state index contributed by atoms with van der Waals surface area (Å²) < 4.78 is 8.54. The molecule has 3 heterocycles. The first kappa shape index (κ1) is 15.3. The number of nitrogens with zero attached hydrogens (tertiary/aromatic N) is 2. The maximum Gasteiger partial charge on any atom is 0.272 e. The summed E-state index contributed by atoms with van der Waals surface area (Å²) in [6.45, 7) is 4.45. The molecule has 6 nitrogen and oxygen atoms in total. The Bertz CT molecular complexity index is 706. The molecular weight excluding hydrogens is 348 g/mol. The predicted molar refractivity (Wildman–Crippen MR) is 85.5 cm³/mol. The number of amides is 1. The fourth-order valence-corrected chi connectivity index (χ4v) is 3.38. The third kappa shape index (κ3) is 2.83. The molecule has 2 aromatic heterocycles. The minimum atomic E-state index is -0.149. The van der Waals surface area contributed by atoms with Gasteiger partial charge in [0.25, 0.3) is 5.91 Å². The molecule has 7 heteroatoms. The van der Waals surface area contributed by atoms with Gasteiger partial charge in [0.15, 0.2) is 5.69 Å². The van der Waals surface area contributed by atoms with E-state index in [2.05, 4.69) is 31.3 Å². The van der Waals surface area contributed by atoms with Crippen molar-refractivity contribution in [2.45, 2.75) is 39.0 Å². The Kier molecular flexibility index (Phi) is 4.10. The van der Waals surface area contributed by atoms with E-state index in [4.69, 9.17) is 4.74 Å². The first-order valence-corrected chi connectivity index (χ1v) is 8.07. The molecular formula is C15H19BrN4O2. The number of carbonyl (C=O) groups excluding carboxylic acids is 1. The van der Waals surface area contributed by atoms with Gasteiger partial charge >= 0.3 is 0 Å². The Morgan fingerprint density at radius 1 is 1.59 bits per heavy atom. The van der Waals surface area contributed by atoms with Gasteiger partial charge in [-0.1, -0.05) is 0 Å². The number of rotatable bonds is 3. The summed E-state index contributed by atoms with van der Waals surface area (Å²) in [5, 5.41) is 7.31. The predicted octanol–water partition coefficient (Wildman–Crippen LogP) is 2.46. The molecule has 0 unspecified atom stereocenters. The topological polar surface area (TPSA) is 71.9 Å². The average Bonchev–Trinajstić information content (AvgIpc) is 3.00. The molecule has 1 aliphatic heterocycles. The lowest BCUT2D eigenvalue weighted by Crippen LogP contribution is -2.27. The van der Waals surface area contributed by atoms with Crippen LogP contribution >= 0.6 is 15.9 Å². The van der Waals surface area contributed by atoms with Crippen LogP contribution in [-0.2, 0) is 24.8 Å². The standard InChI is InChI=1S/C15H19BrN4O2/c1-8-4-12-13(19-20(3)14(12)9(2)22-8)15(21)18-7-11-5-10(16)6-17-11/h5-6,8-9,17H,4,7H2,1-3H3,(H,18,21)/t8-,9+/m1/s1. The number of H-pyrrole nitrogens is 1. The minimum absolute atomic E-state index is 0.0443. The Hall–Kier alpha value is -1.60. The lowest BCUT2D eigenvalue weighted by molar-refractivity contribution is -0.00903. The van der Waals surface area contributed by atoms with E-state index >= 15 is 0 Å². The maximum absolute atomic E-state index is 12.5. The summed E-state index contributed by atoms with van der Waals surface area (Å²) in [6.07, 6.45) is 2.60. The highest BCUT2D eigenvalue weighted by molar-refractivity contribution is 9.10. The summed E-state index contributed by atoms with van der Waals surface area (Å²) in [5.74, 6) is -0.149. The second-order valence-corrected chi connectivity index (χ2v) is 6.57. The third-order valence-electron chi connectivity index (χ3n) is 3.87. The van der Waals surface area contributed by atoms with Crippen LogP contribution in [0.25, 0.3) is 0 Å². The van der Waals surface area contributed by atoms with E-state index in [1.165, 1.54) is 0 Å². The zero-order chi connectivity index (χ0) is 15.9. The molecule has 22 heavy (non-hydrogen) atoms. The van der Waals surface area contributed by atoms with E-state index in [1.807, 2.05) is 33.2 Å². The van der Waals surface area contributed by atoms with Gasteiger partial charge in [-0.25, -0.2) is 0 Å². The molecule has 0 radical (unpaired) electrons. The van der Waals surface area contributed by atoms with Gasteiger partial charge in [0.05, 0.1) is 24.4 Å². The van der Waals surface area contributed by atoms with E-state index < -0.39 is 0 Å². The number of aromatic amines is 1. The number of ether oxygens (including phenoxy) is 1. The van der Waals surface area contributed by atoms with Crippen molar-refractivity contribution in [1.82, 2.24) is 20.1 Å². The highest BCUT2D eigenvalue weighted by Crippen LogP contribution is 2.31. The molecule has 2 N–H and O–H groups in total. The van der Waals surface area contributed by atoms with Crippen molar-refractivity contribution >= 4 is 21.8 Å². The second kappa shape index (κ2) is 5.89. The average molecular weight is 367 g/mol. The maximum atomic E-state index is 12.5. The van der Waals surface area contributed by atoms with Crippen LogP contribution in [0, 0.1) is 0 Å². The summed E-state index contributed by atoms with van der Waals surface area (Å²) in [6, 6.07) is 1.94. The first-order valence-electron chi connectivity index (χ1n) is 7.28. The van der Waals surface area contributed by atoms with Gasteiger partial charge in [-0.2, -0.15) is 5.10 Å². The number of hydrogen-bond acceptors (Lipinski definition) is 3. The molecule has 3 rings (SSSR count). The molecule has 2 atom stereocenters. The van der Waals surface area contributed by atoms with Gasteiger partial charge in [-0.15, -0.1) is 0 Å². The molecule has 0 aliphatic carbocycles. The number of halogens is 1. The number of hydrogen-bond donors (Lipinski definition) is 2. The normalized spacial score (nSPS) is 20.7. The van der Waals surface area contributed by atoms with Crippen LogP contribution in [0.2, 0.25) is 0 Å². The molecule has 0 aromatic carbocycles. The zero-order valence-electron chi connectivity index (χ0n) is 12.8. The number of aromatic nitrogens is 3. The van der Waals surface area contributed by atoms with Crippen molar-refractivity contribution in [2.75, 3.05) is 0 Å². The lowest BCUT2D eigenvalue weighted by Gasteiger charge is -2.26. The van der Waals surface area contributed by atoms with Gasteiger partial charge < -0.3 is 15.0 Å². The SMILES string of the molecule is C[C@@H]1Cc2c(C(=O)NCc3cc(Br)c[nH]3)nn(C)c2[C@H](C)O1. The van der Waals surface area contributed by atoms with Gasteiger partial charge in [0.2, 0.25) is 0 Å². The molecule has 0 fully saturated rings. The molecule has 0 spiro atoms. The number of carbonyl (C=O) groups is 1. The van der Waals surface area contributed by atoms with Crippen LogP contribution in [0.3, 0.4) is 0 Å². The van der Waals surface area contributed by atoms with E-state index in [1.54, 1.807) is 4.68 Å². The van der Waals surface area contributed by atoms with Crippen molar-refractivity contribution < 1.29 is 9.53 Å². The van der Waals surface area contributed by atoms with E-state index in [0.29, 0.717) is 18.7 Å². The Labute approximate surface area is 137 Å². The van der Waals surface area contributed by atoms with E-state index in [9.17, 15) is 4.79 Å². The van der Waals surface area contributed by atoms with Crippen LogP contribution in [0.5, 0.6) is 0 Å². The summed E-state index contributed by atoms with van der Waals surface area (Å²) >= 11 is 3.38. The lowest BCUT2D eigenvalue weighted by atomic mass is 9.99. The van der Waals surface area contributed by atoms with Crippen LogP contribution in [-0.4, -0.2) is 26.8 Å². The molecule has 1 aliphatic rings. The van der Waals surface area contributed by atoms with Gasteiger partial charge in [0, 0.05) is 35.4 Å². The van der Waals surface area contributed by atoms with Crippen LogP contribution < -0.4 is 5.32 Å². The summed E-state index contributed by atoms with van der Waals surface area (Å²) in [7, 11) is 1.85. The summed E-state index contributed by atoms with van der Waals surface area (Å²) in [4.78, 5) is 15.6. The molecule has 0 saturated heterocycles. The van der Waals surface area contributed by atoms with Crippen molar-refractivity contribution in [3.63, 3.8) is 0 Å². The van der Waals surface area contributed by atoms with Crippen LogP contribution in [0.1, 0.15) is 47.4 Å². The van der Waals surface area contributed by atoms with Gasteiger partial charge in [-0.05, 0) is 35.8 Å². The highest BCUT2D eigenvalue weighted by atomic mass is 79.9. The molecule has 2 aromatic rings. The van der Waals surface area contributed by atoms with Crippen molar-refractivity contribution in [3.05, 3.63) is 39.4 Å². The molecule has 0 bridgehead atoms. The van der Waals surface area contributed by atoms with Crippen LogP contribution in [0.15, 0.2) is 16.7 Å². The highest BCUT2D eigenvalue weighted by Gasteiger charge is 2.31. The fourth-order valence-electron chi connectivity index (χ4n) is 2.99. The number of fused-ring (bicyclic) bond motifs is 1. The fraction of sp³-hybridized carbons (Fsp3) is 0.467. The van der Waals surface area contributed by atoms with Gasteiger partial charge in [0.1, 0.15) is 0 Å². The first-order chi connectivity index (χ1) is 10.5. The zero-order valence-corrected chi connectivity index (χ0v) is 14.4. The smallest absolute Gasteiger partial charge is 0.272 e. The Morgan fingerprint density at radius 2 is 2.36 bits per heavy atom. The van der Waals surface area contributed by atoms with Crippen molar-refractivity contribution in [1.29, 1.82) is 0 Å². The Balaban J connectivity index is 1.80. The van der Waals surface area contributed by atoms with E-state index in [-0.39, 0.29) is 18.1 Å². The monoisotopic (exact) mass is 366 g/mol. The van der Waals surface area contributed by atoms with Crippen molar-refractivity contribution in [3.8, 4) is 0 Å². The van der Waals surface area contributed by atoms with E-state index in [0.717, 1.165) is 21.4 Å². The molecule has 118 valence electrons. The number of aryl methyl sites for hydroxylation is 1. The van der Waals surface area contributed by atoms with Crippen molar-refractivity contribution in [2.24, 2.45) is 7.05 Å². The minimum Gasteiger partial charge on any atom is -0.369 e. The Morgan fingerprint density at radius 3 is 3.05 bits per heavy atom. The molecule has 0 saturated carbocycles. The largest absolute Gasteiger partial charge is 0.369 e. The summed E-state index contributed by atoms with van der Waals surface area (Å²) in [5.41, 5.74) is 3.44.